The number of benzene rings is 4. The average Bonchev–Trinajstić information content (AvgIpc) is 0.856. The molecule has 0 amide bonds. The van der Waals surface area contributed by atoms with Gasteiger partial charge in [0.2, 0.25) is 11.8 Å². The van der Waals surface area contributed by atoms with E-state index in [0.29, 0.717) is 54.4 Å². The van der Waals surface area contributed by atoms with Crippen molar-refractivity contribution >= 4 is 93.0 Å². The first-order valence-corrected chi connectivity index (χ1v) is 41.9. The van der Waals surface area contributed by atoms with Crippen LogP contribution in [0, 0.1) is 41.4 Å². The largest absolute Gasteiger partial charge is 0.494 e. The maximum Gasteiger partial charge on any atom is 0.255 e. The molecule has 4 unspecified atom stereocenters. The van der Waals surface area contributed by atoms with Gasteiger partial charge >= 0.3 is 0 Å². The number of H-pyrrole nitrogens is 2. The van der Waals surface area contributed by atoms with Crippen LogP contribution in [0.15, 0.2) is 141 Å². The molecule has 99 heavy (non-hydrogen) atoms. The second-order valence-electron chi connectivity index (χ2n) is 19.8. The van der Waals surface area contributed by atoms with Crippen molar-refractivity contribution in [1.82, 2.24) is 19.9 Å². The first kappa shape index (κ1) is 114. The van der Waals surface area contributed by atoms with Gasteiger partial charge in [-0.25, -0.2) is 14.4 Å². The topological polar surface area (TPSA) is 162 Å². The Labute approximate surface area is 711 Å². The third-order valence-electron chi connectivity index (χ3n) is 13.8. The second kappa shape index (κ2) is 75.6. The van der Waals surface area contributed by atoms with Crippen molar-refractivity contribution in [2.24, 2.45) is 15.4 Å². The van der Waals surface area contributed by atoms with Crippen molar-refractivity contribution in [3.8, 4) is 29.0 Å². The molecule has 4 aromatic heterocycles. The zero-order valence-electron chi connectivity index (χ0n) is 63.4. The molecule has 2 N–H and O–H groups in total. The van der Waals surface area contributed by atoms with Crippen molar-refractivity contribution in [3.63, 3.8) is 0 Å². The molecule has 546 valence electrons. The van der Waals surface area contributed by atoms with Gasteiger partial charge in [0.25, 0.3) is 11.1 Å². The molecule has 24 heteroatoms. The number of fused-ring (bicyclic) bond motifs is 4. The van der Waals surface area contributed by atoms with E-state index in [9.17, 15) is 14.0 Å². The SMILES string of the molecule is CC.CC.CC.CC.CC1CCCCC1.CCOc1ccc2c(=O)[nH]ccc2c1.CCOc1ccc2c(=O)[nH]ccc2c1.CCOc1ccc2c(OC)nccc2c1.COc1nccc2cc(F)ccc12.PPP=NC1CCCCC1.PPP=NC1CCCCC1.[CH3-].[CH3-].[CH3-].[CH3-].[Y].[Y].[Y].[Y]. The molecule has 0 spiro atoms. The van der Waals surface area contributed by atoms with Crippen LogP contribution in [-0.2, 0) is 131 Å². The minimum Gasteiger partial charge on any atom is -0.494 e. The first-order chi connectivity index (χ1) is 44.5. The Kier molecular flexibility index (Phi) is 87.2. The van der Waals surface area contributed by atoms with Crippen LogP contribution in [0.5, 0.6) is 29.0 Å². The third kappa shape index (κ3) is 47.6. The Morgan fingerprint density at radius 1 is 0.465 bits per heavy atom. The van der Waals surface area contributed by atoms with Gasteiger partial charge in [-0.2, -0.15) is 0 Å². The van der Waals surface area contributed by atoms with Crippen molar-refractivity contribution in [1.29, 1.82) is 0 Å². The molecule has 3 aliphatic rings. The van der Waals surface area contributed by atoms with Crippen LogP contribution in [0.4, 0.5) is 4.39 Å². The van der Waals surface area contributed by atoms with Gasteiger partial charge in [0.05, 0.1) is 46.1 Å². The maximum atomic E-state index is 12.8. The third-order valence-corrected chi connectivity index (χ3v) is 18.4. The van der Waals surface area contributed by atoms with Gasteiger partial charge in [-0.05, 0) is 187 Å². The van der Waals surface area contributed by atoms with E-state index in [-0.39, 0.29) is 177 Å². The molecular formula is C75H121FN6O7P6Y4-4. The predicted octanol–water partition coefficient (Wildman–Crippen LogP) is 25.0. The molecule has 11 rings (SSSR count). The molecule has 8 aromatic rings. The summed E-state index contributed by atoms with van der Waals surface area (Å²) in [7, 11) is 13.1. The van der Waals surface area contributed by atoms with Gasteiger partial charge in [-0.3, -0.25) is 19.1 Å². The van der Waals surface area contributed by atoms with Crippen LogP contribution in [0.2, 0.25) is 0 Å². The summed E-state index contributed by atoms with van der Waals surface area (Å²) in [5, 5.41) is 6.89. The first-order valence-electron chi connectivity index (χ1n) is 32.9. The number of aromatic nitrogens is 4. The maximum absolute atomic E-state index is 12.8. The summed E-state index contributed by atoms with van der Waals surface area (Å²) in [6.45, 7) is 26.1. The predicted molar refractivity (Wildman–Crippen MR) is 431 cm³/mol. The number of hydrogen-bond acceptors (Lipinski definition) is 11. The Balaban J connectivity index is -0.000000159. The van der Waals surface area contributed by atoms with Crippen LogP contribution in [0.3, 0.4) is 0 Å². The van der Waals surface area contributed by atoms with Crippen molar-refractivity contribution < 1.29 is 159 Å². The summed E-state index contributed by atoms with van der Waals surface area (Å²) < 4.78 is 48.3. The zero-order chi connectivity index (χ0) is 67.4. The molecule has 4 heterocycles. The number of methoxy groups -OCH3 is 2. The van der Waals surface area contributed by atoms with Crippen LogP contribution >= 0.6 is 49.9 Å². The number of halogens is 1. The van der Waals surface area contributed by atoms with Gasteiger partial charge in [0.1, 0.15) is 23.1 Å². The van der Waals surface area contributed by atoms with E-state index in [1.165, 1.54) is 125 Å². The molecule has 4 atom stereocenters. The Bertz CT molecular complexity index is 3220. The van der Waals surface area contributed by atoms with Gasteiger partial charge in [0.15, 0.2) is 0 Å². The molecule has 0 aliphatic heterocycles. The van der Waals surface area contributed by atoms with E-state index < -0.39 is 0 Å². The van der Waals surface area contributed by atoms with Crippen LogP contribution in [0.25, 0.3) is 43.1 Å². The van der Waals surface area contributed by atoms with Crippen molar-refractivity contribution in [3.05, 3.63) is 178 Å². The molecule has 13 nitrogen and oxygen atoms in total. The number of ether oxygens (including phenoxy) is 5. The number of nitrogens with one attached hydrogen (secondary N) is 2. The van der Waals surface area contributed by atoms with Gasteiger partial charge in [-0.15, -0.1) is 17.9 Å². The van der Waals surface area contributed by atoms with Gasteiger partial charge in [-0.1, -0.05) is 133 Å². The number of aromatic amines is 2. The summed E-state index contributed by atoms with van der Waals surface area (Å²) in [6, 6.07) is 30.1. The quantitative estimate of drug-likeness (QED) is 0.0895. The molecule has 3 saturated carbocycles. The molecule has 4 radical (unpaired) electrons. The standard InChI is InChI=1S/C12H13NO2.2C11H11NO2.C10H8FNO.C7H14.2C6H14NP3.4C2H6.4CH3.4Y/c1-3-15-10-4-5-11-9(8-10)6-7-13-12(11)14-2;2*1-2-14-9-3-4-10-8(7-9)5-6-12-11(10)13;1-13-10-9-3-2-8(11)6-7(9)4-5-12-10;1-7-5-3-2-4-6-7;2*8-10-9-7-6-4-2-1-3-5-6;4*1-2;;;;;;;;/h4-8H,3H2,1-2H3;2*3-7H,2H2,1H3,(H,12,13);2-6H,1H3;7H,2-6H2,1H3;2*6,10H,1-5,8H2;4*1-2H3;4*1H3;;;;/q;;;;;;;;;;;4*-1;;;;. The molecule has 0 bridgehead atoms. The number of pyridine rings is 4. The summed E-state index contributed by atoms with van der Waals surface area (Å²) in [5.74, 6) is 4.43. The summed E-state index contributed by atoms with van der Waals surface area (Å²) in [6.07, 6.45) is 27.9. The van der Waals surface area contributed by atoms with E-state index in [1.807, 2.05) is 125 Å². The molecular weight excluding hydrogens is 1660 g/mol. The molecule has 0 saturated heterocycles. The van der Waals surface area contributed by atoms with Crippen LogP contribution in [0.1, 0.15) is 179 Å². The zero-order valence-corrected chi connectivity index (χ0v) is 80.8. The number of nitrogens with zero attached hydrogens (tertiary/aromatic N) is 4. The Morgan fingerprint density at radius 3 is 1.07 bits per heavy atom. The van der Waals surface area contributed by atoms with Gasteiger partial charge in [0, 0.05) is 193 Å². The van der Waals surface area contributed by atoms with E-state index in [1.54, 1.807) is 75.4 Å². The monoisotopic (exact) mass is 1780 g/mol. The van der Waals surface area contributed by atoms with Crippen molar-refractivity contribution in [2.45, 2.75) is 191 Å². The summed E-state index contributed by atoms with van der Waals surface area (Å²) in [4.78, 5) is 36.1. The molecule has 4 aromatic carbocycles. The fraction of sp³-hybridized carbons (Fsp3) is 0.467. The smallest absolute Gasteiger partial charge is 0.255 e. The van der Waals surface area contributed by atoms with Crippen LogP contribution < -0.4 is 34.8 Å². The average molecular weight is 1780 g/mol. The molecule has 3 fully saturated rings. The van der Waals surface area contributed by atoms with E-state index in [0.717, 1.165) is 71.4 Å². The van der Waals surface area contributed by atoms with Gasteiger partial charge < -0.3 is 63.4 Å². The van der Waals surface area contributed by atoms with Crippen LogP contribution in [-0.4, -0.2) is 66.1 Å². The second-order valence-corrected chi connectivity index (χ2v) is 28.6. The van der Waals surface area contributed by atoms with E-state index >= 15 is 0 Å². The Morgan fingerprint density at radius 2 is 0.768 bits per heavy atom. The summed E-state index contributed by atoms with van der Waals surface area (Å²) >= 11 is 0. The summed E-state index contributed by atoms with van der Waals surface area (Å²) in [5.41, 5.74) is -0.129. The molecule has 3 aliphatic carbocycles. The van der Waals surface area contributed by atoms with E-state index in [2.05, 4.69) is 54.2 Å². The fourth-order valence-corrected chi connectivity index (χ4v) is 13.1. The van der Waals surface area contributed by atoms with E-state index in [4.69, 9.17) is 23.7 Å². The normalized spacial score (nSPS) is 12.6. The Hall–Kier alpha value is -0.614. The minimum absolute atomic E-state index is 0. The van der Waals surface area contributed by atoms with Crippen molar-refractivity contribution in [2.75, 3.05) is 34.0 Å². The number of hydrogen-bond donors (Lipinski definition) is 2. The number of rotatable bonds is 12. The fourth-order valence-electron chi connectivity index (χ4n) is 9.61. The minimum atomic E-state index is -0.249.